The molecule has 1 N–H and O–H groups in total. The zero-order valence-corrected chi connectivity index (χ0v) is 11.4. The monoisotopic (exact) mass is 336 g/mol. The second-order valence-corrected chi connectivity index (χ2v) is 5.19. The van der Waals surface area contributed by atoms with Crippen LogP contribution in [-0.2, 0) is 11.0 Å². The van der Waals surface area contributed by atoms with Crippen molar-refractivity contribution in [1.29, 1.82) is 5.26 Å². The Kier molecular flexibility index (Phi) is 4.39. The molecule has 1 fully saturated rings. The van der Waals surface area contributed by atoms with Crippen molar-refractivity contribution >= 4 is 6.29 Å². The molecule has 0 saturated carbocycles. The minimum atomic E-state index is -4.86. The predicted octanol–water partition coefficient (Wildman–Crippen LogP) is 3.15. The highest BCUT2D eigenvalue weighted by molar-refractivity contribution is 5.59. The molecule has 0 radical (unpaired) electrons. The molecule has 3 nitrogen and oxygen atoms in total. The van der Waals surface area contributed by atoms with Gasteiger partial charge in [-0.05, 0) is 24.1 Å². The maximum absolute atomic E-state index is 13.0. The summed E-state index contributed by atoms with van der Waals surface area (Å²) in [5, 5.41) is 10.8. The van der Waals surface area contributed by atoms with Crippen LogP contribution in [0.3, 0.4) is 0 Å². The van der Waals surface area contributed by atoms with Crippen LogP contribution >= 0.6 is 0 Å². The largest absolute Gasteiger partial charge is 0.417 e. The summed E-state index contributed by atoms with van der Waals surface area (Å²) >= 11 is 0. The van der Waals surface area contributed by atoms with Gasteiger partial charge in [0.15, 0.2) is 0 Å². The maximum atomic E-state index is 13.0. The summed E-state index contributed by atoms with van der Waals surface area (Å²) < 4.78 is 77.9. The molecule has 9 heteroatoms. The lowest BCUT2D eigenvalue weighted by Crippen LogP contribution is -2.43. The Morgan fingerprint density at radius 2 is 1.87 bits per heavy atom. The summed E-state index contributed by atoms with van der Waals surface area (Å²) in [5.74, 6) is -1.33. The van der Waals surface area contributed by atoms with Crippen molar-refractivity contribution in [3.8, 4) is 6.07 Å². The Bertz CT molecular complexity index is 646. The number of aldehydes is 1. The summed E-state index contributed by atoms with van der Waals surface area (Å²) in [7, 11) is 0. The van der Waals surface area contributed by atoms with Gasteiger partial charge in [0.2, 0.25) is 0 Å². The van der Waals surface area contributed by atoms with Gasteiger partial charge in [0.05, 0.1) is 23.2 Å². The number of rotatable bonds is 2. The summed E-state index contributed by atoms with van der Waals surface area (Å²) in [6.07, 6.45) is -9.54. The Labute approximate surface area is 126 Å². The second-order valence-electron chi connectivity index (χ2n) is 5.19. The molecule has 1 heterocycles. The van der Waals surface area contributed by atoms with Crippen molar-refractivity contribution in [2.24, 2.45) is 0 Å². The molecule has 1 saturated heterocycles. The standard InChI is InChI=1S/C14H10F6N2O/c15-13(16,17)11-3-7(1-2-8(11)5-21)10-4-9(6-23)22-12(10)14(18,19)20/h1-3,6,9-10,12,22H,4H2/t9-,10?,12+/m0/s1. The Balaban J connectivity index is 2.48. The molecule has 1 aromatic carbocycles. The summed E-state index contributed by atoms with van der Waals surface area (Å²) in [6.45, 7) is 0. The van der Waals surface area contributed by atoms with Crippen LogP contribution in [0.2, 0.25) is 0 Å². The number of carbonyl (C=O) groups excluding carboxylic acids is 1. The van der Waals surface area contributed by atoms with E-state index in [2.05, 4.69) is 5.32 Å². The molecule has 1 unspecified atom stereocenters. The van der Waals surface area contributed by atoms with Crippen molar-refractivity contribution in [2.45, 2.75) is 36.8 Å². The lowest BCUT2D eigenvalue weighted by Gasteiger charge is -2.23. The molecule has 0 aliphatic carbocycles. The number of carbonyl (C=O) groups is 1. The number of nitrogens with one attached hydrogen (secondary N) is 1. The topological polar surface area (TPSA) is 52.9 Å². The molecule has 0 aromatic heterocycles. The van der Waals surface area contributed by atoms with Crippen LogP contribution in [0.4, 0.5) is 26.3 Å². The van der Waals surface area contributed by atoms with Crippen LogP contribution < -0.4 is 5.32 Å². The molecule has 0 spiro atoms. The summed E-state index contributed by atoms with van der Waals surface area (Å²) in [6, 6.07) is 0.623. The maximum Gasteiger partial charge on any atom is 0.417 e. The van der Waals surface area contributed by atoms with Crippen LogP contribution in [0, 0.1) is 11.3 Å². The van der Waals surface area contributed by atoms with Gasteiger partial charge in [0.25, 0.3) is 0 Å². The van der Waals surface area contributed by atoms with Gasteiger partial charge in [0, 0.05) is 5.92 Å². The van der Waals surface area contributed by atoms with E-state index in [1.165, 1.54) is 6.07 Å². The highest BCUT2D eigenvalue weighted by Crippen LogP contribution is 2.41. The van der Waals surface area contributed by atoms with E-state index in [9.17, 15) is 31.1 Å². The first-order chi connectivity index (χ1) is 10.6. The third kappa shape index (κ3) is 3.47. The molecule has 0 bridgehead atoms. The first-order valence-electron chi connectivity index (χ1n) is 6.47. The average molecular weight is 336 g/mol. The Hall–Kier alpha value is -2.08. The lowest BCUT2D eigenvalue weighted by atomic mass is 9.88. The molecule has 124 valence electrons. The SMILES string of the molecule is N#Cc1ccc(C2C[C@@H](C=O)N[C@H]2C(F)(F)F)cc1C(F)(F)F. The third-order valence-electron chi connectivity index (χ3n) is 3.72. The fraction of sp³-hybridized carbons (Fsp3) is 0.429. The molecule has 1 aromatic rings. The van der Waals surface area contributed by atoms with E-state index in [0.717, 1.165) is 12.1 Å². The van der Waals surface area contributed by atoms with Crippen molar-refractivity contribution in [1.82, 2.24) is 5.32 Å². The highest BCUT2D eigenvalue weighted by atomic mass is 19.4. The van der Waals surface area contributed by atoms with Crippen molar-refractivity contribution in [3.63, 3.8) is 0 Å². The Morgan fingerprint density at radius 3 is 2.35 bits per heavy atom. The van der Waals surface area contributed by atoms with Gasteiger partial charge in [-0.25, -0.2) is 0 Å². The zero-order valence-electron chi connectivity index (χ0n) is 11.4. The van der Waals surface area contributed by atoms with Crippen LogP contribution in [0.5, 0.6) is 0 Å². The first-order valence-corrected chi connectivity index (χ1v) is 6.47. The van der Waals surface area contributed by atoms with Gasteiger partial charge in [-0.2, -0.15) is 31.6 Å². The van der Waals surface area contributed by atoms with E-state index < -0.39 is 41.5 Å². The summed E-state index contributed by atoms with van der Waals surface area (Å²) in [5.41, 5.74) is -2.16. The molecule has 1 aliphatic heterocycles. The number of nitrogens with zero attached hydrogens (tertiary/aromatic N) is 1. The first kappa shape index (κ1) is 17.3. The molecule has 23 heavy (non-hydrogen) atoms. The molecular weight excluding hydrogens is 326 g/mol. The minimum Gasteiger partial charge on any atom is -0.302 e. The van der Waals surface area contributed by atoms with Crippen LogP contribution in [0.1, 0.15) is 29.0 Å². The minimum absolute atomic E-state index is 0.212. The molecule has 1 aliphatic rings. The molecule has 3 atom stereocenters. The van der Waals surface area contributed by atoms with Crippen LogP contribution in [0.15, 0.2) is 18.2 Å². The third-order valence-corrected chi connectivity index (χ3v) is 3.72. The van der Waals surface area contributed by atoms with Crippen molar-refractivity contribution in [2.75, 3.05) is 0 Å². The number of hydrogen-bond acceptors (Lipinski definition) is 3. The average Bonchev–Trinajstić information content (AvgIpc) is 2.90. The number of alkyl halides is 6. The molecule has 2 rings (SSSR count). The Morgan fingerprint density at radius 1 is 1.22 bits per heavy atom. The van der Waals surface area contributed by atoms with Crippen LogP contribution in [0.25, 0.3) is 0 Å². The zero-order chi connectivity index (χ0) is 17.4. The van der Waals surface area contributed by atoms with E-state index in [1.807, 2.05) is 0 Å². The van der Waals surface area contributed by atoms with E-state index in [4.69, 9.17) is 5.26 Å². The van der Waals surface area contributed by atoms with Crippen molar-refractivity contribution in [3.05, 3.63) is 34.9 Å². The smallest absolute Gasteiger partial charge is 0.302 e. The summed E-state index contributed by atoms with van der Waals surface area (Å²) in [4.78, 5) is 10.7. The van der Waals surface area contributed by atoms with E-state index in [0.29, 0.717) is 12.4 Å². The van der Waals surface area contributed by atoms with Gasteiger partial charge in [0.1, 0.15) is 12.3 Å². The highest BCUT2D eigenvalue weighted by Gasteiger charge is 2.50. The number of nitriles is 1. The number of halogens is 6. The van der Waals surface area contributed by atoms with Gasteiger partial charge in [-0.1, -0.05) is 6.07 Å². The number of hydrogen-bond donors (Lipinski definition) is 1. The van der Waals surface area contributed by atoms with E-state index in [-0.39, 0.29) is 12.0 Å². The van der Waals surface area contributed by atoms with Crippen LogP contribution in [-0.4, -0.2) is 24.5 Å². The lowest BCUT2D eigenvalue weighted by molar-refractivity contribution is -0.156. The van der Waals surface area contributed by atoms with Gasteiger partial charge in [-0.15, -0.1) is 0 Å². The van der Waals surface area contributed by atoms with Crippen molar-refractivity contribution < 1.29 is 31.1 Å². The molecule has 0 amide bonds. The van der Waals surface area contributed by atoms with E-state index in [1.54, 1.807) is 0 Å². The van der Waals surface area contributed by atoms with Gasteiger partial charge < -0.3 is 4.79 Å². The fourth-order valence-corrected chi connectivity index (χ4v) is 2.70. The van der Waals surface area contributed by atoms with Gasteiger partial charge >= 0.3 is 12.4 Å². The predicted molar refractivity (Wildman–Crippen MR) is 66.3 cm³/mol. The van der Waals surface area contributed by atoms with E-state index >= 15 is 0 Å². The van der Waals surface area contributed by atoms with Gasteiger partial charge in [-0.3, -0.25) is 5.32 Å². The molecular formula is C14H10F6N2O. The quantitative estimate of drug-likeness (QED) is 0.667. The second kappa shape index (κ2) is 5.85. The fourth-order valence-electron chi connectivity index (χ4n) is 2.70. The normalized spacial score (nSPS) is 25.2. The number of benzene rings is 1.